The number of benzene rings is 1. The van der Waals surface area contributed by atoms with Crippen molar-refractivity contribution in [1.29, 1.82) is 0 Å². The number of aromatic nitrogens is 2. The normalized spacial score (nSPS) is 13.9. The summed E-state index contributed by atoms with van der Waals surface area (Å²) in [6.07, 6.45) is 6.26. The van der Waals surface area contributed by atoms with Gasteiger partial charge in [-0.05, 0) is 45.9 Å². The third-order valence-corrected chi connectivity index (χ3v) is 5.26. The number of hydrogen-bond acceptors (Lipinski definition) is 6. The SMILES string of the molecule is CCOc1ccc(NC(=O)CN(C)CC(=O)Nc2ccnn2C2CCCC2)cc1OCC. The summed E-state index contributed by atoms with van der Waals surface area (Å²) in [7, 11) is 1.73. The molecule has 0 unspecified atom stereocenters. The molecule has 0 saturated heterocycles. The summed E-state index contributed by atoms with van der Waals surface area (Å²) in [5.41, 5.74) is 0.611. The predicted molar refractivity (Wildman–Crippen MR) is 123 cm³/mol. The number of nitrogens with one attached hydrogen (secondary N) is 2. The second kappa shape index (κ2) is 11.5. The molecule has 2 aromatic rings. The number of nitrogens with zero attached hydrogens (tertiary/aromatic N) is 3. The largest absolute Gasteiger partial charge is 0.490 e. The van der Waals surface area contributed by atoms with Crippen LogP contribution in [0.15, 0.2) is 30.5 Å². The van der Waals surface area contributed by atoms with E-state index >= 15 is 0 Å². The lowest BCUT2D eigenvalue weighted by Crippen LogP contribution is -2.36. The van der Waals surface area contributed by atoms with Crippen molar-refractivity contribution in [3.8, 4) is 11.5 Å². The van der Waals surface area contributed by atoms with Crippen molar-refractivity contribution in [2.75, 3.05) is 44.0 Å². The van der Waals surface area contributed by atoms with E-state index in [0.717, 1.165) is 12.8 Å². The molecule has 9 heteroatoms. The zero-order valence-electron chi connectivity index (χ0n) is 19.1. The van der Waals surface area contributed by atoms with E-state index in [-0.39, 0.29) is 24.9 Å². The number of carbonyl (C=O) groups excluding carboxylic acids is 2. The summed E-state index contributed by atoms with van der Waals surface area (Å²) in [4.78, 5) is 26.6. The standard InChI is InChI=1S/C23H33N5O4/c1-4-31-19-11-10-17(14-20(19)32-5-2)25-22(29)15-27(3)16-23(30)26-21-12-13-24-28(21)18-8-6-7-9-18/h10-14,18H,4-9,15-16H2,1-3H3,(H,25,29)(H,26,30). The maximum atomic E-state index is 12.5. The Bertz CT molecular complexity index is 908. The molecule has 1 aromatic heterocycles. The fourth-order valence-electron chi connectivity index (χ4n) is 3.91. The molecule has 1 aromatic carbocycles. The number of carbonyl (C=O) groups is 2. The highest BCUT2D eigenvalue weighted by Gasteiger charge is 2.21. The maximum absolute atomic E-state index is 12.5. The van der Waals surface area contributed by atoms with Gasteiger partial charge in [-0.1, -0.05) is 12.8 Å². The Morgan fingerprint density at radius 3 is 2.38 bits per heavy atom. The molecule has 1 aliphatic carbocycles. The van der Waals surface area contributed by atoms with E-state index in [0.29, 0.717) is 42.3 Å². The summed E-state index contributed by atoms with van der Waals surface area (Å²) in [6, 6.07) is 7.44. The number of anilines is 2. The number of hydrogen-bond donors (Lipinski definition) is 2. The zero-order valence-corrected chi connectivity index (χ0v) is 19.1. The minimum atomic E-state index is -0.220. The Labute approximate surface area is 189 Å². The van der Waals surface area contributed by atoms with Crippen molar-refractivity contribution < 1.29 is 19.1 Å². The van der Waals surface area contributed by atoms with Gasteiger partial charge in [0.2, 0.25) is 11.8 Å². The Morgan fingerprint density at radius 2 is 1.69 bits per heavy atom. The Morgan fingerprint density at radius 1 is 1.03 bits per heavy atom. The van der Waals surface area contributed by atoms with E-state index in [4.69, 9.17) is 9.47 Å². The van der Waals surface area contributed by atoms with Gasteiger partial charge in [0, 0.05) is 17.8 Å². The molecule has 2 amide bonds. The highest BCUT2D eigenvalue weighted by molar-refractivity contribution is 5.94. The number of rotatable bonds is 11. The Kier molecular flexibility index (Phi) is 8.49. The van der Waals surface area contributed by atoms with Crippen LogP contribution in [0.25, 0.3) is 0 Å². The molecule has 9 nitrogen and oxygen atoms in total. The van der Waals surface area contributed by atoms with Gasteiger partial charge in [0.1, 0.15) is 5.82 Å². The monoisotopic (exact) mass is 443 g/mol. The Hall–Kier alpha value is -3.07. The van der Waals surface area contributed by atoms with Crippen LogP contribution in [-0.2, 0) is 9.59 Å². The molecule has 0 atom stereocenters. The molecule has 1 saturated carbocycles. The summed E-state index contributed by atoms with van der Waals surface area (Å²) < 4.78 is 13.0. The van der Waals surface area contributed by atoms with E-state index in [1.807, 2.05) is 24.6 Å². The molecule has 1 aliphatic rings. The van der Waals surface area contributed by atoms with Crippen molar-refractivity contribution in [2.45, 2.75) is 45.6 Å². The molecular formula is C23H33N5O4. The van der Waals surface area contributed by atoms with Crippen LogP contribution in [0.5, 0.6) is 11.5 Å². The number of likely N-dealkylation sites (N-methyl/N-ethyl adjacent to an activating group) is 1. The minimum absolute atomic E-state index is 0.0759. The van der Waals surface area contributed by atoms with Gasteiger partial charge >= 0.3 is 0 Å². The maximum Gasteiger partial charge on any atom is 0.239 e. The van der Waals surface area contributed by atoms with E-state index in [2.05, 4.69) is 15.7 Å². The zero-order chi connectivity index (χ0) is 22.9. The predicted octanol–water partition coefficient (Wildman–Crippen LogP) is 3.30. The molecule has 1 heterocycles. The third kappa shape index (κ3) is 6.46. The van der Waals surface area contributed by atoms with Crippen LogP contribution in [0.4, 0.5) is 11.5 Å². The van der Waals surface area contributed by atoms with Crippen LogP contribution in [0.1, 0.15) is 45.6 Å². The first-order valence-electron chi connectivity index (χ1n) is 11.2. The average Bonchev–Trinajstić information content (AvgIpc) is 3.41. The summed E-state index contributed by atoms with van der Waals surface area (Å²) in [6.45, 7) is 4.99. The van der Waals surface area contributed by atoms with Crippen LogP contribution < -0.4 is 20.1 Å². The highest BCUT2D eigenvalue weighted by Crippen LogP contribution is 2.31. The second-order valence-electron chi connectivity index (χ2n) is 7.90. The molecule has 1 fully saturated rings. The lowest BCUT2D eigenvalue weighted by atomic mass is 10.2. The van der Waals surface area contributed by atoms with Crippen molar-refractivity contribution in [2.24, 2.45) is 0 Å². The summed E-state index contributed by atoms with van der Waals surface area (Å²) >= 11 is 0. The average molecular weight is 444 g/mol. The second-order valence-corrected chi connectivity index (χ2v) is 7.90. The number of ether oxygens (including phenoxy) is 2. The fourth-order valence-corrected chi connectivity index (χ4v) is 3.91. The quantitative estimate of drug-likeness (QED) is 0.553. The van der Waals surface area contributed by atoms with Crippen molar-refractivity contribution in [3.05, 3.63) is 30.5 Å². The van der Waals surface area contributed by atoms with Gasteiger partial charge in [-0.2, -0.15) is 5.10 Å². The molecule has 174 valence electrons. The van der Waals surface area contributed by atoms with Crippen molar-refractivity contribution >= 4 is 23.3 Å². The first-order valence-corrected chi connectivity index (χ1v) is 11.2. The van der Waals surface area contributed by atoms with E-state index < -0.39 is 0 Å². The smallest absolute Gasteiger partial charge is 0.239 e. The van der Waals surface area contributed by atoms with Gasteiger partial charge in [0.05, 0.1) is 38.5 Å². The molecule has 0 spiro atoms. The molecule has 0 aliphatic heterocycles. The van der Waals surface area contributed by atoms with Gasteiger partial charge in [-0.25, -0.2) is 4.68 Å². The van der Waals surface area contributed by atoms with Crippen LogP contribution in [0, 0.1) is 0 Å². The van der Waals surface area contributed by atoms with Gasteiger partial charge in [0.25, 0.3) is 0 Å². The number of amides is 2. The van der Waals surface area contributed by atoms with Crippen molar-refractivity contribution in [3.63, 3.8) is 0 Å². The lowest BCUT2D eigenvalue weighted by Gasteiger charge is -2.18. The fraction of sp³-hybridized carbons (Fsp3) is 0.522. The van der Waals surface area contributed by atoms with Crippen LogP contribution in [-0.4, -0.2) is 59.8 Å². The molecule has 32 heavy (non-hydrogen) atoms. The van der Waals surface area contributed by atoms with Crippen LogP contribution >= 0.6 is 0 Å². The van der Waals surface area contributed by atoms with Gasteiger partial charge in [-0.3, -0.25) is 14.5 Å². The topological polar surface area (TPSA) is 97.7 Å². The molecule has 2 N–H and O–H groups in total. The first kappa shape index (κ1) is 23.6. The van der Waals surface area contributed by atoms with Crippen LogP contribution in [0.3, 0.4) is 0 Å². The van der Waals surface area contributed by atoms with Gasteiger partial charge in [0.15, 0.2) is 11.5 Å². The molecular weight excluding hydrogens is 410 g/mol. The summed E-state index contributed by atoms with van der Waals surface area (Å²) in [5.74, 6) is 1.52. The van der Waals surface area contributed by atoms with Crippen molar-refractivity contribution in [1.82, 2.24) is 14.7 Å². The first-order chi connectivity index (χ1) is 15.5. The minimum Gasteiger partial charge on any atom is -0.490 e. The molecule has 0 bridgehead atoms. The summed E-state index contributed by atoms with van der Waals surface area (Å²) in [5, 5.41) is 10.1. The Balaban J connectivity index is 1.50. The van der Waals surface area contributed by atoms with E-state index in [9.17, 15) is 9.59 Å². The van der Waals surface area contributed by atoms with Crippen LogP contribution in [0.2, 0.25) is 0 Å². The van der Waals surface area contributed by atoms with Gasteiger partial charge < -0.3 is 20.1 Å². The lowest BCUT2D eigenvalue weighted by molar-refractivity contribution is -0.119. The van der Waals surface area contributed by atoms with Gasteiger partial charge in [-0.15, -0.1) is 0 Å². The third-order valence-electron chi connectivity index (χ3n) is 5.26. The highest BCUT2D eigenvalue weighted by atomic mass is 16.5. The molecule has 3 rings (SSSR count). The molecule has 0 radical (unpaired) electrons. The van der Waals surface area contributed by atoms with E-state index in [1.165, 1.54) is 12.8 Å². The van der Waals surface area contributed by atoms with E-state index in [1.54, 1.807) is 36.3 Å².